The average molecular weight is 477 g/mol. The summed E-state index contributed by atoms with van der Waals surface area (Å²) in [6.07, 6.45) is 2.61. The van der Waals surface area contributed by atoms with Crippen molar-refractivity contribution in [1.29, 1.82) is 0 Å². The van der Waals surface area contributed by atoms with Crippen LogP contribution in [-0.4, -0.2) is 28.4 Å². The van der Waals surface area contributed by atoms with Gasteiger partial charge >= 0.3 is 0 Å². The Bertz CT molecular complexity index is 1280. The summed E-state index contributed by atoms with van der Waals surface area (Å²) in [6, 6.07) is 19.5. The number of aromatic amines is 1. The molecule has 34 heavy (non-hydrogen) atoms. The predicted molar refractivity (Wildman–Crippen MR) is 136 cm³/mol. The Balaban J connectivity index is 1.31. The lowest BCUT2D eigenvalue weighted by molar-refractivity contribution is 0.415. The molecule has 2 N–H and O–H groups in total. The van der Waals surface area contributed by atoms with Crippen LogP contribution in [0.25, 0.3) is 22.0 Å². The first kappa shape index (κ1) is 23.0. The average Bonchev–Trinajstić information content (AvgIpc) is 3.24. The maximum Gasteiger partial charge on any atom is 0.152 e. The summed E-state index contributed by atoms with van der Waals surface area (Å²) in [7, 11) is 1.65. The van der Waals surface area contributed by atoms with Crippen LogP contribution in [0, 0.1) is 12.7 Å². The Morgan fingerprint density at radius 3 is 2.56 bits per heavy atom. The topological polar surface area (TPSA) is 60.1 Å². The smallest absolute Gasteiger partial charge is 0.152 e. The maximum absolute atomic E-state index is 14.8. The number of aromatic nitrogens is 1. The van der Waals surface area contributed by atoms with Gasteiger partial charge in [0.25, 0.3) is 0 Å². The fourth-order valence-electron chi connectivity index (χ4n) is 4.81. The molecule has 3 aromatic carbocycles. The highest BCUT2D eigenvalue weighted by Gasteiger charge is 2.25. The molecule has 0 spiro atoms. The molecule has 0 fully saturated rings. The molecule has 0 amide bonds. The Hall–Kier alpha value is -2.80. The molecule has 1 aliphatic rings. The van der Waals surface area contributed by atoms with Crippen molar-refractivity contribution in [2.75, 3.05) is 12.9 Å². The number of H-pyrrole nitrogens is 1. The van der Waals surface area contributed by atoms with Gasteiger partial charge in [-0.25, -0.2) is 4.39 Å². The van der Waals surface area contributed by atoms with Gasteiger partial charge in [-0.15, -0.1) is 0 Å². The van der Waals surface area contributed by atoms with Gasteiger partial charge in [-0.3, -0.25) is 0 Å². The van der Waals surface area contributed by atoms with Crippen molar-refractivity contribution in [3.05, 3.63) is 83.3 Å². The summed E-state index contributed by atoms with van der Waals surface area (Å²) in [5, 5.41) is 4.58. The van der Waals surface area contributed by atoms with Gasteiger partial charge in [-0.2, -0.15) is 0 Å². The van der Waals surface area contributed by atoms with Crippen molar-refractivity contribution < 1.29 is 13.7 Å². The third-order valence-electron chi connectivity index (χ3n) is 6.68. The second-order valence-corrected chi connectivity index (χ2v) is 10.5. The number of ether oxygens (including phenoxy) is 1. The summed E-state index contributed by atoms with van der Waals surface area (Å²) < 4.78 is 32.6. The van der Waals surface area contributed by atoms with E-state index in [1.807, 2.05) is 61.5 Å². The largest absolute Gasteiger partial charge is 0.611 e. The Morgan fingerprint density at radius 2 is 1.82 bits per heavy atom. The van der Waals surface area contributed by atoms with E-state index in [0.717, 1.165) is 57.7 Å². The van der Waals surface area contributed by atoms with E-state index in [1.165, 1.54) is 11.6 Å². The zero-order valence-corrected chi connectivity index (χ0v) is 20.3. The zero-order chi connectivity index (χ0) is 23.7. The van der Waals surface area contributed by atoms with Gasteiger partial charge in [0.2, 0.25) is 0 Å². The molecule has 0 saturated heterocycles. The fraction of sp³-hybridized carbons (Fsp3) is 0.286. The summed E-state index contributed by atoms with van der Waals surface area (Å²) in [4.78, 5) is 4.27. The second-order valence-electron chi connectivity index (χ2n) is 8.94. The molecule has 2 heterocycles. The van der Waals surface area contributed by atoms with E-state index < -0.39 is 11.2 Å². The van der Waals surface area contributed by atoms with Crippen molar-refractivity contribution in [2.45, 2.75) is 43.7 Å². The van der Waals surface area contributed by atoms with Crippen molar-refractivity contribution in [3.8, 4) is 16.9 Å². The van der Waals surface area contributed by atoms with Crippen LogP contribution in [0.1, 0.15) is 29.7 Å². The number of benzene rings is 3. The molecule has 0 aliphatic carbocycles. The molecule has 4 nitrogen and oxygen atoms in total. The van der Waals surface area contributed by atoms with Gasteiger partial charge in [0, 0.05) is 30.1 Å². The van der Waals surface area contributed by atoms with Crippen LogP contribution in [-0.2, 0) is 24.1 Å². The van der Waals surface area contributed by atoms with Crippen molar-refractivity contribution >= 4 is 22.1 Å². The fourth-order valence-corrected chi connectivity index (χ4v) is 5.91. The highest BCUT2D eigenvalue weighted by atomic mass is 32.2. The number of fused-ring (bicyclic) bond motifs is 3. The van der Waals surface area contributed by atoms with Crippen LogP contribution in [0.5, 0.6) is 5.75 Å². The molecule has 0 radical (unpaired) electrons. The summed E-state index contributed by atoms with van der Waals surface area (Å²) in [5.74, 6) is 1.22. The van der Waals surface area contributed by atoms with Gasteiger partial charge < -0.3 is 19.6 Å². The first-order valence-electron chi connectivity index (χ1n) is 11.7. The molecule has 176 valence electrons. The van der Waals surface area contributed by atoms with Gasteiger partial charge in [-0.1, -0.05) is 35.9 Å². The van der Waals surface area contributed by atoms with Crippen LogP contribution in [0.4, 0.5) is 4.39 Å². The van der Waals surface area contributed by atoms with E-state index in [-0.39, 0.29) is 11.9 Å². The second kappa shape index (κ2) is 9.82. The van der Waals surface area contributed by atoms with Crippen molar-refractivity contribution in [2.24, 2.45) is 0 Å². The number of halogens is 1. The molecule has 0 saturated carbocycles. The lowest BCUT2D eigenvalue weighted by atomic mass is 9.94. The minimum absolute atomic E-state index is 0.230. The van der Waals surface area contributed by atoms with E-state index in [0.29, 0.717) is 17.8 Å². The highest BCUT2D eigenvalue weighted by molar-refractivity contribution is 7.91. The maximum atomic E-state index is 14.8. The monoisotopic (exact) mass is 476 g/mol. The SMILES string of the molecule is COc1ccc(-c2ccc(F)c3[nH]c4c(c23)CNC(CCC[S+]([O-])c2ccc(C)cc2)C4)cc1. The van der Waals surface area contributed by atoms with E-state index in [9.17, 15) is 8.94 Å². The number of rotatable bonds is 7. The molecule has 0 bridgehead atoms. The zero-order valence-electron chi connectivity index (χ0n) is 19.5. The minimum Gasteiger partial charge on any atom is -0.611 e. The number of methoxy groups -OCH3 is 1. The quantitative estimate of drug-likeness (QED) is 0.327. The molecular formula is C28H29FN2O2S. The molecule has 2 atom stereocenters. The van der Waals surface area contributed by atoms with E-state index in [1.54, 1.807) is 7.11 Å². The lowest BCUT2D eigenvalue weighted by Crippen LogP contribution is -2.35. The summed E-state index contributed by atoms with van der Waals surface area (Å²) in [5.41, 5.74) is 6.03. The first-order chi connectivity index (χ1) is 16.5. The normalized spacial score (nSPS) is 16.4. The van der Waals surface area contributed by atoms with Crippen LogP contribution in [0.3, 0.4) is 0 Å². The first-order valence-corrected chi connectivity index (χ1v) is 13.0. The van der Waals surface area contributed by atoms with E-state index in [4.69, 9.17) is 4.74 Å². The van der Waals surface area contributed by atoms with Crippen molar-refractivity contribution in [1.82, 2.24) is 10.3 Å². The standard InChI is InChI=1S/C28H29FN2O2S/c1-18-5-11-22(12-6-18)34(32)15-3-4-20-16-26-24(17-30-20)27-23(13-14-25(29)28(27)31-26)19-7-9-21(33-2)10-8-19/h5-14,20,30-31H,3-4,15-17H2,1-2H3. The Kier molecular flexibility index (Phi) is 6.63. The van der Waals surface area contributed by atoms with Gasteiger partial charge in [0.1, 0.15) is 17.3 Å². The van der Waals surface area contributed by atoms with Crippen molar-refractivity contribution in [3.63, 3.8) is 0 Å². The van der Waals surface area contributed by atoms with Gasteiger partial charge in [-0.05, 0) is 78.0 Å². The third-order valence-corrected chi connectivity index (χ3v) is 8.14. The Morgan fingerprint density at radius 1 is 1.06 bits per heavy atom. The van der Waals surface area contributed by atoms with E-state index in [2.05, 4.69) is 10.3 Å². The summed E-state index contributed by atoms with van der Waals surface area (Å²) >= 11 is -0.978. The lowest BCUT2D eigenvalue weighted by Gasteiger charge is -2.24. The number of hydrogen-bond donors (Lipinski definition) is 2. The minimum atomic E-state index is -0.978. The Labute approximate surface area is 202 Å². The van der Waals surface area contributed by atoms with Crippen LogP contribution >= 0.6 is 0 Å². The van der Waals surface area contributed by atoms with Gasteiger partial charge in [0.15, 0.2) is 4.90 Å². The van der Waals surface area contributed by atoms with Crippen LogP contribution in [0.2, 0.25) is 0 Å². The predicted octanol–water partition coefficient (Wildman–Crippen LogP) is 5.89. The van der Waals surface area contributed by atoms with E-state index >= 15 is 0 Å². The number of nitrogens with one attached hydrogen (secondary N) is 2. The highest BCUT2D eigenvalue weighted by Crippen LogP contribution is 2.37. The van der Waals surface area contributed by atoms with Gasteiger partial charge in [0.05, 0.1) is 12.6 Å². The molecule has 4 aromatic rings. The molecule has 5 rings (SSSR count). The third kappa shape index (κ3) is 4.58. The number of aryl methyl sites for hydroxylation is 1. The molecule has 1 aromatic heterocycles. The number of hydrogen-bond acceptors (Lipinski definition) is 3. The molecular weight excluding hydrogens is 447 g/mol. The molecule has 1 aliphatic heterocycles. The van der Waals surface area contributed by atoms with Crippen LogP contribution < -0.4 is 10.1 Å². The van der Waals surface area contributed by atoms with Crippen LogP contribution in [0.15, 0.2) is 65.6 Å². The summed E-state index contributed by atoms with van der Waals surface area (Å²) in [6.45, 7) is 2.72. The molecule has 6 heteroatoms. The molecule has 2 unspecified atom stereocenters.